The monoisotopic (exact) mass is 231 g/mol. The molecule has 1 aromatic rings. The van der Waals surface area contributed by atoms with E-state index < -0.39 is 0 Å². The Kier molecular flexibility index (Phi) is 3.77. The van der Waals surface area contributed by atoms with Crippen LogP contribution in [-0.4, -0.2) is 23.3 Å². The van der Waals surface area contributed by atoms with Crippen LogP contribution in [0.1, 0.15) is 44.7 Å². The number of aliphatic imine (C=N–C) groups is 1. The molecule has 0 unspecified atom stereocenters. The van der Waals surface area contributed by atoms with Crippen LogP contribution >= 0.6 is 0 Å². The number of hydrogen-bond donors (Lipinski definition) is 1. The third-order valence-corrected chi connectivity index (χ3v) is 3.46. The molecule has 92 valence electrons. The summed E-state index contributed by atoms with van der Waals surface area (Å²) in [5.74, 6) is 1.01. The summed E-state index contributed by atoms with van der Waals surface area (Å²) in [6.07, 6.45) is 5.19. The lowest BCUT2D eigenvalue weighted by Crippen LogP contribution is -2.22. The van der Waals surface area contributed by atoms with Crippen LogP contribution in [0, 0.1) is 0 Å². The molecule has 0 radical (unpaired) electrons. The van der Waals surface area contributed by atoms with Gasteiger partial charge in [0, 0.05) is 30.1 Å². The van der Waals surface area contributed by atoms with Gasteiger partial charge in [-0.05, 0) is 37.8 Å². The van der Waals surface area contributed by atoms with Gasteiger partial charge in [-0.3, -0.25) is 4.99 Å². The topological polar surface area (TPSA) is 37.3 Å². The molecule has 2 heterocycles. The highest BCUT2D eigenvalue weighted by Crippen LogP contribution is 2.23. The van der Waals surface area contributed by atoms with Gasteiger partial charge < -0.3 is 5.32 Å². The first kappa shape index (κ1) is 12.1. The predicted octanol–water partition coefficient (Wildman–Crippen LogP) is 3.05. The Labute approximate surface area is 103 Å². The van der Waals surface area contributed by atoms with Gasteiger partial charge in [0.25, 0.3) is 0 Å². The fourth-order valence-electron chi connectivity index (χ4n) is 2.33. The van der Waals surface area contributed by atoms with Crippen molar-refractivity contribution in [2.24, 2.45) is 4.99 Å². The zero-order valence-corrected chi connectivity index (χ0v) is 11.0. The quantitative estimate of drug-likeness (QED) is 0.864. The molecule has 1 N–H and O–H groups in total. The summed E-state index contributed by atoms with van der Waals surface area (Å²) in [6.45, 7) is 7.40. The van der Waals surface area contributed by atoms with Gasteiger partial charge in [-0.1, -0.05) is 13.8 Å². The van der Waals surface area contributed by atoms with E-state index in [4.69, 9.17) is 0 Å². The number of pyridine rings is 1. The van der Waals surface area contributed by atoms with E-state index >= 15 is 0 Å². The van der Waals surface area contributed by atoms with E-state index in [1.165, 1.54) is 11.1 Å². The van der Waals surface area contributed by atoms with Crippen LogP contribution in [0.2, 0.25) is 0 Å². The van der Waals surface area contributed by atoms with Gasteiger partial charge in [0.2, 0.25) is 0 Å². The van der Waals surface area contributed by atoms with Crippen molar-refractivity contribution in [2.45, 2.75) is 46.1 Å². The first-order chi connectivity index (χ1) is 8.26. The third-order valence-electron chi connectivity index (χ3n) is 3.46. The normalized spacial score (nSPS) is 14.5. The number of fused-ring (bicyclic) bond motifs is 1. The molecule has 0 atom stereocenters. The second kappa shape index (κ2) is 5.30. The number of aromatic nitrogens is 1. The van der Waals surface area contributed by atoms with Crippen LogP contribution in [0.5, 0.6) is 0 Å². The van der Waals surface area contributed by atoms with Gasteiger partial charge in [0.05, 0.1) is 0 Å². The average molecular weight is 231 g/mol. The summed E-state index contributed by atoms with van der Waals surface area (Å²) in [6, 6.07) is 2.62. The molecule has 0 amide bonds. The molecule has 0 spiro atoms. The zero-order chi connectivity index (χ0) is 12.3. The maximum absolute atomic E-state index is 4.53. The molecule has 3 nitrogen and oxygen atoms in total. The van der Waals surface area contributed by atoms with E-state index in [0.29, 0.717) is 6.04 Å². The Morgan fingerprint density at radius 3 is 2.82 bits per heavy atom. The SMILES string of the molecule is CCC(CC)Nc1nccc2c1C(C)=NCC2. The predicted molar refractivity (Wildman–Crippen MR) is 73.0 cm³/mol. The highest BCUT2D eigenvalue weighted by atomic mass is 15.0. The molecule has 0 saturated carbocycles. The van der Waals surface area contributed by atoms with Crippen molar-refractivity contribution in [3.8, 4) is 0 Å². The van der Waals surface area contributed by atoms with E-state index in [1.54, 1.807) is 0 Å². The maximum atomic E-state index is 4.53. The maximum Gasteiger partial charge on any atom is 0.135 e. The Balaban J connectivity index is 2.33. The van der Waals surface area contributed by atoms with E-state index in [2.05, 4.69) is 42.1 Å². The molecule has 17 heavy (non-hydrogen) atoms. The number of anilines is 1. The van der Waals surface area contributed by atoms with Crippen LogP contribution in [0.25, 0.3) is 0 Å². The Bertz CT molecular complexity index is 419. The highest BCUT2D eigenvalue weighted by molar-refractivity contribution is 6.04. The molecule has 0 fully saturated rings. The summed E-state index contributed by atoms with van der Waals surface area (Å²) >= 11 is 0. The van der Waals surface area contributed by atoms with Crippen molar-refractivity contribution >= 4 is 11.5 Å². The largest absolute Gasteiger partial charge is 0.367 e. The minimum absolute atomic E-state index is 0.503. The molecule has 1 aliphatic heterocycles. The molecule has 2 rings (SSSR count). The van der Waals surface area contributed by atoms with E-state index in [0.717, 1.165) is 37.3 Å². The molecule has 3 heteroatoms. The Morgan fingerprint density at radius 1 is 1.35 bits per heavy atom. The number of rotatable bonds is 4. The lowest BCUT2D eigenvalue weighted by Gasteiger charge is -2.21. The zero-order valence-electron chi connectivity index (χ0n) is 11.0. The van der Waals surface area contributed by atoms with Gasteiger partial charge in [0.15, 0.2) is 0 Å². The minimum Gasteiger partial charge on any atom is -0.367 e. The van der Waals surface area contributed by atoms with Gasteiger partial charge in [-0.15, -0.1) is 0 Å². The third kappa shape index (κ3) is 2.48. The van der Waals surface area contributed by atoms with Crippen molar-refractivity contribution in [3.63, 3.8) is 0 Å². The summed E-state index contributed by atoms with van der Waals surface area (Å²) in [5.41, 5.74) is 3.72. The summed E-state index contributed by atoms with van der Waals surface area (Å²) < 4.78 is 0. The molecular weight excluding hydrogens is 210 g/mol. The Hall–Kier alpha value is -1.38. The highest BCUT2D eigenvalue weighted by Gasteiger charge is 2.17. The molecule has 0 bridgehead atoms. The van der Waals surface area contributed by atoms with Crippen molar-refractivity contribution in [3.05, 3.63) is 23.4 Å². The molecular formula is C14H21N3. The lowest BCUT2D eigenvalue weighted by molar-refractivity contribution is 0.668. The van der Waals surface area contributed by atoms with Crippen LogP contribution in [0.15, 0.2) is 17.3 Å². The number of nitrogens with one attached hydrogen (secondary N) is 1. The first-order valence-corrected chi connectivity index (χ1v) is 6.52. The average Bonchev–Trinajstić information content (AvgIpc) is 2.36. The second-order valence-electron chi connectivity index (χ2n) is 4.57. The molecule has 0 saturated heterocycles. The lowest BCUT2D eigenvalue weighted by atomic mass is 9.99. The van der Waals surface area contributed by atoms with Crippen molar-refractivity contribution in [2.75, 3.05) is 11.9 Å². The van der Waals surface area contributed by atoms with Gasteiger partial charge in [-0.25, -0.2) is 4.98 Å². The molecule has 1 aromatic heterocycles. The second-order valence-corrected chi connectivity index (χ2v) is 4.57. The smallest absolute Gasteiger partial charge is 0.135 e. The number of nitrogens with zero attached hydrogens (tertiary/aromatic N) is 2. The molecule has 0 aliphatic carbocycles. The van der Waals surface area contributed by atoms with Crippen molar-refractivity contribution < 1.29 is 0 Å². The van der Waals surface area contributed by atoms with Crippen LogP contribution in [0.4, 0.5) is 5.82 Å². The van der Waals surface area contributed by atoms with Gasteiger partial charge in [-0.2, -0.15) is 0 Å². The van der Waals surface area contributed by atoms with Crippen molar-refractivity contribution in [1.82, 2.24) is 4.98 Å². The summed E-state index contributed by atoms with van der Waals surface area (Å²) in [4.78, 5) is 9.01. The van der Waals surface area contributed by atoms with Crippen molar-refractivity contribution in [1.29, 1.82) is 0 Å². The number of hydrogen-bond acceptors (Lipinski definition) is 3. The standard InChI is InChI=1S/C14H21N3/c1-4-12(5-2)17-14-13-10(3)15-8-6-11(13)7-9-16-14/h7,9,12H,4-6,8H2,1-3H3,(H,16,17). The van der Waals surface area contributed by atoms with E-state index in [-0.39, 0.29) is 0 Å². The fraction of sp³-hybridized carbons (Fsp3) is 0.571. The van der Waals surface area contributed by atoms with E-state index in [1.807, 2.05) is 6.20 Å². The van der Waals surface area contributed by atoms with E-state index in [9.17, 15) is 0 Å². The molecule has 0 aromatic carbocycles. The minimum atomic E-state index is 0.503. The first-order valence-electron chi connectivity index (χ1n) is 6.52. The van der Waals surface area contributed by atoms with Gasteiger partial charge >= 0.3 is 0 Å². The Morgan fingerprint density at radius 2 is 2.12 bits per heavy atom. The summed E-state index contributed by atoms with van der Waals surface area (Å²) in [7, 11) is 0. The summed E-state index contributed by atoms with van der Waals surface area (Å²) in [5, 5.41) is 3.54. The van der Waals surface area contributed by atoms with Crippen LogP contribution in [-0.2, 0) is 6.42 Å². The van der Waals surface area contributed by atoms with Crippen LogP contribution in [0.3, 0.4) is 0 Å². The van der Waals surface area contributed by atoms with Crippen LogP contribution < -0.4 is 5.32 Å². The van der Waals surface area contributed by atoms with Gasteiger partial charge in [0.1, 0.15) is 5.82 Å². The molecule has 1 aliphatic rings. The fourth-order valence-corrected chi connectivity index (χ4v) is 2.33.